The largest absolute Gasteiger partial charge is 0.504 e. The predicted molar refractivity (Wildman–Crippen MR) is 185 cm³/mol. The number of amides is 2. The van der Waals surface area contributed by atoms with E-state index in [2.05, 4.69) is 17.6 Å². The molecule has 2 amide bonds. The van der Waals surface area contributed by atoms with Crippen LogP contribution in [0.5, 0.6) is 11.5 Å². The summed E-state index contributed by atoms with van der Waals surface area (Å²) in [6, 6.07) is 4.56. The summed E-state index contributed by atoms with van der Waals surface area (Å²) in [6.07, 6.45) is 10.7. The highest BCUT2D eigenvalue weighted by atomic mass is 16.5. The van der Waals surface area contributed by atoms with Crippen LogP contribution in [0.2, 0.25) is 0 Å². The SMILES string of the molecule is C[C@]12CCC(=O)C=C1CC[C@H]1[C@H]2CC[C@]2(C)[C@H]1CC[C@]2(O)C(=O)COC(=O)CCC(=O)NCCCCCC(=O)NCCc1ccc(O)c(O)c1. The standard InChI is InChI=1S/C39H54N2O9/c1-37-17-13-27(42)23-26(37)8-9-28-29(37)14-18-38(2)30(28)15-19-39(38,49)33(45)24-50-36(48)12-11-35(47)40-20-5-3-4-6-34(46)41-21-16-25-7-10-31(43)32(44)22-25/h7,10,22-23,28-30,43-44,49H,3-6,8-9,11-21,24H2,1-2H3,(H,40,47)(H,41,46)/t28-,29+,30-,37-,38+,39-/m0/s1. The molecule has 4 aliphatic carbocycles. The maximum Gasteiger partial charge on any atom is 0.306 e. The maximum absolute atomic E-state index is 13.5. The van der Waals surface area contributed by atoms with Crippen molar-refractivity contribution in [3.63, 3.8) is 0 Å². The molecule has 274 valence electrons. The van der Waals surface area contributed by atoms with Gasteiger partial charge in [0, 0.05) is 37.8 Å². The Bertz CT molecular complexity index is 1510. The van der Waals surface area contributed by atoms with E-state index in [1.54, 1.807) is 6.07 Å². The van der Waals surface area contributed by atoms with Crippen molar-refractivity contribution in [3.8, 4) is 11.5 Å². The van der Waals surface area contributed by atoms with Crippen LogP contribution in [0.25, 0.3) is 0 Å². The van der Waals surface area contributed by atoms with Gasteiger partial charge in [0.25, 0.3) is 0 Å². The van der Waals surface area contributed by atoms with Crippen LogP contribution in [0.4, 0.5) is 0 Å². The van der Waals surface area contributed by atoms with Crippen molar-refractivity contribution < 1.29 is 44.0 Å². The fraction of sp³-hybridized carbons (Fsp3) is 0.667. The number of phenolic OH excluding ortho intramolecular Hbond substituents is 2. The molecule has 5 N–H and O–H groups in total. The molecule has 0 spiro atoms. The van der Waals surface area contributed by atoms with E-state index in [9.17, 15) is 39.3 Å². The number of allylic oxidation sites excluding steroid dienone is 1. The van der Waals surface area contributed by atoms with E-state index in [1.807, 2.05) is 13.0 Å². The van der Waals surface area contributed by atoms with Gasteiger partial charge in [-0.3, -0.25) is 24.0 Å². The van der Waals surface area contributed by atoms with E-state index in [0.717, 1.165) is 44.1 Å². The molecule has 4 aliphatic rings. The number of benzene rings is 1. The summed E-state index contributed by atoms with van der Waals surface area (Å²) in [6.45, 7) is 4.67. The zero-order chi connectivity index (χ0) is 36.1. The van der Waals surface area contributed by atoms with Crippen LogP contribution in [0.15, 0.2) is 29.8 Å². The zero-order valence-electron chi connectivity index (χ0n) is 29.6. The van der Waals surface area contributed by atoms with Gasteiger partial charge in [-0.05, 0) is 111 Å². The average Bonchev–Trinajstić information content (AvgIpc) is 3.37. The molecule has 0 saturated heterocycles. The van der Waals surface area contributed by atoms with Gasteiger partial charge in [-0.2, -0.15) is 0 Å². The number of hydrogen-bond acceptors (Lipinski definition) is 9. The molecular weight excluding hydrogens is 640 g/mol. The molecule has 0 heterocycles. The number of ketones is 2. The molecule has 0 aliphatic heterocycles. The summed E-state index contributed by atoms with van der Waals surface area (Å²) >= 11 is 0. The zero-order valence-corrected chi connectivity index (χ0v) is 29.6. The quantitative estimate of drug-likeness (QED) is 0.0998. The molecule has 11 nitrogen and oxygen atoms in total. The first-order chi connectivity index (χ1) is 23.8. The minimum Gasteiger partial charge on any atom is -0.504 e. The van der Waals surface area contributed by atoms with Gasteiger partial charge in [0.2, 0.25) is 17.6 Å². The Kier molecular flexibility index (Phi) is 11.8. The second-order valence-electron chi connectivity index (χ2n) is 15.5. The summed E-state index contributed by atoms with van der Waals surface area (Å²) in [5, 5.41) is 36.4. The number of ether oxygens (including phenoxy) is 1. The molecule has 0 bridgehead atoms. The lowest BCUT2D eigenvalue weighted by atomic mass is 9.46. The Hall–Kier alpha value is -3.73. The van der Waals surface area contributed by atoms with E-state index in [1.165, 1.54) is 17.7 Å². The van der Waals surface area contributed by atoms with Crippen LogP contribution >= 0.6 is 0 Å². The summed E-state index contributed by atoms with van der Waals surface area (Å²) in [4.78, 5) is 62.4. The first kappa shape index (κ1) is 37.5. The minimum absolute atomic E-state index is 0.00784. The number of Topliss-reactive ketones (excluding diaryl/α,β-unsaturated/α-hetero) is 1. The number of aromatic hydroxyl groups is 2. The second-order valence-corrected chi connectivity index (χ2v) is 15.5. The van der Waals surface area contributed by atoms with Crippen molar-refractivity contribution in [3.05, 3.63) is 35.4 Å². The van der Waals surface area contributed by atoms with Gasteiger partial charge in [-0.1, -0.05) is 31.9 Å². The van der Waals surface area contributed by atoms with Gasteiger partial charge in [-0.15, -0.1) is 0 Å². The van der Waals surface area contributed by atoms with Crippen molar-refractivity contribution in [2.24, 2.45) is 28.6 Å². The Morgan fingerprint density at radius 1 is 0.840 bits per heavy atom. The van der Waals surface area contributed by atoms with Crippen molar-refractivity contribution in [1.82, 2.24) is 10.6 Å². The monoisotopic (exact) mass is 694 g/mol. The predicted octanol–water partition coefficient (Wildman–Crippen LogP) is 4.59. The molecule has 0 aromatic heterocycles. The highest BCUT2D eigenvalue weighted by Gasteiger charge is 2.66. The topological polar surface area (TPSA) is 179 Å². The van der Waals surface area contributed by atoms with Crippen LogP contribution in [0.1, 0.15) is 109 Å². The number of rotatable bonds is 15. The summed E-state index contributed by atoms with van der Waals surface area (Å²) < 4.78 is 5.28. The number of unbranched alkanes of at least 4 members (excludes halogenated alkanes) is 2. The molecule has 6 atom stereocenters. The van der Waals surface area contributed by atoms with E-state index in [4.69, 9.17) is 4.74 Å². The lowest BCUT2D eigenvalue weighted by Crippen LogP contribution is -2.58. The molecule has 5 rings (SSSR count). The van der Waals surface area contributed by atoms with Gasteiger partial charge in [-0.25, -0.2) is 0 Å². The molecule has 1 aromatic carbocycles. The number of carbonyl (C=O) groups excluding carboxylic acids is 5. The highest BCUT2D eigenvalue weighted by molar-refractivity contribution is 5.92. The molecule has 0 unspecified atom stereocenters. The lowest BCUT2D eigenvalue weighted by molar-refractivity contribution is -0.170. The molecule has 1 aromatic rings. The normalized spacial score (nSPS) is 29.9. The van der Waals surface area contributed by atoms with Crippen LogP contribution in [0, 0.1) is 28.6 Å². The van der Waals surface area contributed by atoms with Crippen LogP contribution in [0.3, 0.4) is 0 Å². The molecular formula is C39H54N2O9. The van der Waals surface area contributed by atoms with Gasteiger partial charge in [0.1, 0.15) is 5.60 Å². The first-order valence-corrected chi connectivity index (χ1v) is 18.5. The number of phenols is 2. The molecule has 0 radical (unpaired) electrons. The molecule has 3 saturated carbocycles. The lowest BCUT2D eigenvalue weighted by Gasteiger charge is -2.58. The van der Waals surface area contributed by atoms with E-state index < -0.39 is 29.4 Å². The average molecular weight is 695 g/mol. The van der Waals surface area contributed by atoms with Crippen LogP contribution in [-0.2, 0) is 35.1 Å². The van der Waals surface area contributed by atoms with E-state index in [0.29, 0.717) is 69.9 Å². The molecule has 50 heavy (non-hydrogen) atoms. The summed E-state index contributed by atoms with van der Waals surface area (Å²) in [7, 11) is 0. The first-order valence-electron chi connectivity index (χ1n) is 18.5. The Morgan fingerprint density at radius 3 is 2.36 bits per heavy atom. The van der Waals surface area contributed by atoms with Crippen LogP contribution < -0.4 is 10.6 Å². The smallest absolute Gasteiger partial charge is 0.306 e. The van der Waals surface area contributed by atoms with Crippen molar-refractivity contribution >= 4 is 29.4 Å². The highest BCUT2D eigenvalue weighted by Crippen LogP contribution is 2.67. The van der Waals surface area contributed by atoms with Gasteiger partial charge in [0.05, 0.1) is 6.42 Å². The van der Waals surface area contributed by atoms with Crippen molar-refractivity contribution in [2.45, 2.75) is 116 Å². The number of nitrogens with one attached hydrogen (secondary N) is 2. The number of fused-ring (bicyclic) bond motifs is 5. The van der Waals surface area contributed by atoms with Crippen molar-refractivity contribution in [1.29, 1.82) is 0 Å². The number of hydrogen-bond donors (Lipinski definition) is 5. The third kappa shape index (κ3) is 7.92. The fourth-order valence-corrected chi connectivity index (χ4v) is 9.65. The Balaban J connectivity index is 0.951. The third-order valence-electron chi connectivity index (χ3n) is 12.7. The summed E-state index contributed by atoms with van der Waals surface area (Å²) in [5.74, 6) is -0.619. The Morgan fingerprint density at radius 2 is 1.58 bits per heavy atom. The van der Waals surface area contributed by atoms with Gasteiger partial charge < -0.3 is 30.7 Å². The van der Waals surface area contributed by atoms with Gasteiger partial charge in [0.15, 0.2) is 23.9 Å². The number of esters is 1. The Labute approximate surface area is 294 Å². The molecule has 11 heteroatoms. The number of aliphatic hydroxyl groups is 1. The fourth-order valence-electron chi connectivity index (χ4n) is 9.65. The number of carbonyl (C=O) groups is 5. The maximum atomic E-state index is 13.5. The minimum atomic E-state index is -1.56. The third-order valence-corrected chi connectivity index (χ3v) is 12.7. The van der Waals surface area contributed by atoms with Crippen molar-refractivity contribution in [2.75, 3.05) is 19.7 Å². The van der Waals surface area contributed by atoms with Crippen LogP contribution in [-0.4, -0.2) is 70.0 Å². The van der Waals surface area contributed by atoms with E-state index >= 15 is 0 Å². The summed E-state index contributed by atoms with van der Waals surface area (Å²) in [5.41, 5.74) is -0.0574. The molecule has 3 fully saturated rings. The van der Waals surface area contributed by atoms with E-state index in [-0.39, 0.29) is 53.3 Å². The van der Waals surface area contributed by atoms with Gasteiger partial charge >= 0.3 is 5.97 Å². The second kappa shape index (κ2) is 15.7.